The van der Waals surface area contributed by atoms with E-state index in [0.29, 0.717) is 23.1 Å². The highest BCUT2D eigenvalue weighted by molar-refractivity contribution is 7.98. The molecule has 3 heterocycles. The van der Waals surface area contributed by atoms with Crippen molar-refractivity contribution in [3.05, 3.63) is 83.2 Å². The molecule has 0 bridgehead atoms. The Kier molecular flexibility index (Phi) is 6.94. The zero-order chi connectivity index (χ0) is 23.2. The van der Waals surface area contributed by atoms with Crippen molar-refractivity contribution in [3.63, 3.8) is 0 Å². The molecule has 4 rings (SSSR count). The van der Waals surface area contributed by atoms with Gasteiger partial charge >= 0.3 is 0 Å². The van der Waals surface area contributed by atoms with Crippen molar-refractivity contribution in [3.8, 4) is 11.4 Å². The van der Waals surface area contributed by atoms with Crippen LogP contribution >= 0.6 is 11.8 Å². The maximum atomic E-state index is 13.0. The van der Waals surface area contributed by atoms with Crippen molar-refractivity contribution >= 4 is 17.7 Å². The number of amides is 1. The van der Waals surface area contributed by atoms with Crippen LogP contribution in [0.5, 0.6) is 5.75 Å². The highest BCUT2D eigenvalue weighted by Gasteiger charge is 2.21. The van der Waals surface area contributed by atoms with Gasteiger partial charge in [-0.1, -0.05) is 23.0 Å². The van der Waals surface area contributed by atoms with Gasteiger partial charge in [-0.05, 0) is 55.8 Å². The fraction of sp³-hybridized carbons (Fsp3) is 0.217. The van der Waals surface area contributed by atoms with Gasteiger partial charge in [0.15, 0.2) is 10.9 Å². The molecule has 4 aromatic rings. The Labute approximate surface area is 195 Å². The number of thioether (sulfide) groups is 1. The van der Waals surface area contributed by atoms with E-state index in [4.69, 9.17) is 4.74 Å². The minimum atomic E-state index is -0.310. The van der Waals surface area contributed by atoms with Gasteiger partial charge in [-0.15, -0.1) is 5.10 Å². The summed E-state index contributed by atoms with van der Waals surface area (Å²) in [6.07, 6.45) is 3.40. The number of carbonyl (C=O) groups is 1. The Morgan fingerprint density at radius 3 is 2.55 bits per heavy atom. The minimum absolute atomic E-state index is 0.256. The maximum Gasteiger partial charge on any atom is 0.274 e. The summed E-state index contributed by atoms with van der Waals surface area (Å²) in [5.41, 5.74) is 4.35. The number of nitrogens with one attached hydrogen (secondary N) is 1. The van der Waals surface area contributed by atoms with E-state index in [-0.39, 0.29) is 11.6 Å². The Balaban J connectivity index is 1.62. The van der Waals surface area contributed by atoms with Gasteiger partial charge in [0, 0.05) is 36.1 Å². The summed E-state index contributed by atoms with van der Waals surface area (Å²) < 4.78 is 6.91. The van der Waals surface area contributed by atoms with Crippen molar-refractivity contribution in [2.24, 2.45) is 0 Å². The zero-order valence-corrected chi connectivity index (χ0v) is 19.3. The largest absolute Gasteiger partial charge is 0.497 e. The van der Waals surface area contributed by atoms with E-state index in [1.165, 1.54) is 11.8 Å². The number of carbonyl (C=O) groups excluding carboxylic acids is 1. The summed E-state index contributed by atoms with van der Waals surface area (Å²) in [5, 5.41) is 12.0. The summed E-state index contributed by atoms with van der Waals surface area (Å²) in [5.74, 6) is 0.834. The first kappa shape index (κ1) is 22.4. The number of rotatable bonds is 8. The molecule has 3 aromatic heterocycles. The lowest BCUT2D eigenvalue weighted by atomic mass is 10.2. The van der Waals surface area contributed by atoms with Crippen LogP contribution in [0.3, 0.4) is 0 Å². The fourth-order valence-electron chi connectivity index (χ4n) is 3.20. The van der Waals surface area contributed by atoms with E-state index in [1.807, 2.05) is 56.3 Å². The molecule has 33 heavy (non-hydrogen) atoms. The monoisotopic (exact) mass is 461 g/mol. The molecule has 0 aliphatic heterocycles. The molecular weight excluding hydrogens is 438 g/mol. The van der Waals surface area contributed by atoms with Gasteiger partial charge < -0.3 is 10.1 Å². The highest BCUT2D eigenvalue weighted by atomic mass is 32.2. The second kappa shape index (κ2) is 10.2. The minimum Gasteiger partial charge on any atom is -0.497 e. The van der Waals surface area contributed by atoms with Crippen LogP contribution in [0.4, 0.5) is 0 Å². The summed E-state index contributed by atoms with van der Waals surface area (Å²) in [6, 6.07) is 13.1. The number of aryl methyl sites for hydroxylation is 2. The summed E-state index contributed by atoms with van der Waals surface area (Å²) >= 11 is 1.43. The normalized spacial score (nSPS) is 10.8. The fourth-order valence-corrected chi connectivity index (χ4v) is 4.14. The SMILES string of the molecule is COc1ccc(-n2nnc(C(=O)NCc3cccnc3)c2CSc2nc(C)cc(C)n2)cc1. The Bertz CT molecular complexity index is 1220. The molecule has 10 heteroatoms. The van der Waals surface area contributed by atoms with Crippen molar-refractivity contribution < 1.29 is 9.53 Å². The summed E-state index contributed by atoms with van der Waals surface area (Å²) in [4.78, 5) is 26.0. The second-order valence-electron chi connectivity index (χ2n) is 7.26. The molecule has 1 N–H and O–H groups in total. The van der Waals surface area contributed by atoms with Gasteiger partial charge in [-0.25, -0.2) is 14.6 Å². The topological polar surface area (TPSA) is 108 Å². The van der Waals surface area contributed by atoms with Crippen LogP contribution < -0.4 is 10.1 Å². The molecule has 0 saturated heterocycles. The van der Waals surface area contributed by atoms with Crippen molar-refractivity contribution in [1.82, 2.24) is 35.3 Å². The molecule has 0 unspecified atom stereocenters. The van der Waals surface area contributed by atoms with E-state index in [9.17, 15) is 4.79 Å². The van der Waals surface area contributed by atoms with Crippen LogP contribution in [-0.2, 0) is 12.3 Å². The average Bonchev–Trinajstić information content (AvgIpc) is 3.25. The lowest BCUT2D eigenvalue weighted by Crippen LogP contribution is -2.24. The predicted molar refractivity (Wildman–Crippen MR) is 124 cm³/mol. The van der Waals surface area contributed by atoms with Crippen molar-refractivity contribution in [2.75, 3.05) is 7.11 Å². The number of aromatic nitrogens is 6. The van der Waals surface area contributed by atoms with Gasteiger partial charge in [-0.2, -0.15) is 0 Å². The first-order chi connectivity index (χ1) is 16.0. The zero-order valence-electron chi connectivity index (χ0n) is 18.5. The van der Waals surface area contributed by atoms with Gasteiger partial charge in [0.25, 0.3) is 5.91 Å². The quantitative estimate of drug-likeness (QED) is 0.315. The van der Waals surface area contributed by atoms with Crippen LogP contribution in [0.1, 0.15) is 33.1 Å². The average molecular weight is 462 g/mol. The summed E-state index contributed by atoms with van der Waals surface area (Å²) in [7, 11) is 1.61. The van der Waals surface area contributed by atoms with Gasteiger partial charge in [0.2, 0.25) is 0 Å². The molecule has 0 aliphatic carbocycles. The van der Waals surface area contributed by atoms with Crippen LogP contribution in [0, 0.1) is 13.8 Å². The number of nitrogens with zero attached hydrogens (tertiary/aromatic N) is 6. The Morgan fingerprint density at radius 1 is 1.12 bits per heavy atom. The smallest absolute Gasteiger partial charge is 0.274 e. The first-order valence-electron chi connectivity index (χ1n) is 10.2. The molecule has 0 radical (unpaired) electrons. The van der Waals surface area contributed by atoms with Gasteiger partial charge in [0.1, 0.15) is 5.75 Å². The number of methoxy groups -OCH3 is 1. The summed E-state index contributed by atoms with van der Waals surface area (Å²) in [6.45, 7) is 4.20. The lowest BCUT2D eigenvalue weighted by molar-refractivity contribution is 0.0945. The molecule has 0 spiro atoms. The van der Waals surface area contributed by atoms with E-state index in [1.54, 1.807) is 24.2 Å². The Hall–Kier alpha value is -3.79. The molecule has 1 aromatic carbocycles. The number of hydrogen-bond acceptors (Lipinski definition) is 8. The van der Waals surface area contributed by atoms with Gasteiger partial charge in [0.05, 0.1) is 18.5 Å². The second-order valence-corrected chi connectivity index (χ2v) is 8.20. The van der Waals surface area contributed by atoms with Gasteiger partial charge in [-0.3, -0.25) is 9.78 Å². The molecule has 1 amide bonds. The lowest BCUT2D eigenvalue weighted by Gasteiger charge is -2.09. The molecule has 9 nitrogen and oxygen atoms in total. The highest BCUT2D eigenvalue weighted by Crippen LogP contribution is 2.24. The first-order valence-corrected chi connectivity index (χ1v) is 11.2. The molecule has 0 fully saturated rings. The van der Waals surface area contributed by atoms with E-state index in [0.717, 1.165) is 28.4 Å². The number of hydrogen-bond donors (Lipinski definition) is 1. The number of pyridine rings is 1. The third-order valence-corrected chi connectivity index (χ3v) is 5.63. The predicted octanol–water partition coefficient (Wildman–Crippen LogP) is 3.30. The van der Waals surface area contributed by atoms with Crippen LogP contribution in [0.15, 0.2) is 60.0 Å². The van der Waals surface area contributed by atoms with Crippen LogP contribution in [0.25, 0.3) is 5.69 Å². The van der Waals surface area contributed by atoms with E-state index < -0.39 is 0 Å². The van der Waals surface area contributed by atoms with Crippen LogP contribution in [-0.4, -0.2) is 43.0 Å². The van der Waals surface area contributed by atoms with Crippen molar-refractivity contribution in [1.29, 1.82) is 0 Å². The number of ether oxygens (including phenoxy) is 1. The van der Waals surface area contributed by atoms with Crippen molar-refractivity contribution in [2.45, 2.75) is 31.3 Å². The number of benzene rings is 1. The molecule has 168 valence electrons. The van der Waals surface area contributed by atoms with Crippen LogP contribution in [0.2, 0.25) is 0 Å². The molecule has 0 aliphatic rings. The maximum absolute atomic E-state index is 13.0. The third kappa shape index (κ3) is 5.53. The van der Waals surface area contributed by atoms with E-state index in [2.05, 4.69) is 30.6 Å². The Morgan fingerprint density at radius 2 is 1.88 bits per heavy atom. The molecule has 0 saturated carbocycles. The molecule has 0 atom stereocenters. The molecular formula is C23H23N7O2S. The standard InChI is InChI=1S/C23H23N7O2S/c1-15-11-16(2)27-23(26-15)33-14-20-21(22(31)25-13-17-5-4-10-24-12-17)28-29-30(20)18-6-8-19(32-3)9-7-18/h4-12H,13-14H2,1-3H3,(H,25,31). The van der Waals surface area contributed by atoms with E-state index >= 15 is 0 Å². The third-order valence-electron chi connectivity index (χ3n) is 4.77.